The number of aromatic nitrogens is 3. The molecule has 0 atom stereocenters. The third kappa shape index (κ3) is 2.69. The summed E-state index contributed by atoms with van der Waals surface area (Å²) in [5.74, 6) is 0.421. The lowest BCUT2D eigenvalue weighted by Crippen LogP contribution is -2.15. The fraction of sp³-hybridized carbons (Fsp3) is 0.167. The average molecular weight is 256 g/mol. The van der Waals surface area contributed by atoms with E-state index < -0.39 is 0 Å². The average Bonchev–Trinajstić information content (AvgIpc) is 2.45. The minimum Gasteiger partial charge on any atom is -0.467 e. The van der Waals surface area contributed by atoms with Gasteiger partial charge in [-0.05, 0) is 18.2 Å². The van der Waals surface area contributed by atoms with Gasteiger partial charge in [0.1, 0.15) is 0 Å². The fourth-order valence-electron chi connectivity index (χ4n) is 1.50. The molecule has 0 saturated heterocycles. The third-order valence-electron chi connectivity index (χ3n) is 2.47. The van der Waals surface area contributed by atoms with E-state index in [1.807, 2.05) is 6.07 Å². The summed E-state index contributed by atoms with van der Waals surface area (Å²) in [6.07, 6.45) is 0. The molecule has 2 N–H and O–H groups in total. The molecule has 19 heavy (non-hydrogen) atoms. The molecule has 1 heterocycles. The first-order chi connectivity index (χ1) is 9.13. The maximum Gasteiger partial charge on any atom is 0.322 e. The normalized spacial score (nSPS) is 9.74. The van der Waals surface area contributed by atoms with E-state index >= 15 is 0 Å². The van der Waals surface area contributed by atoms with Crippen molar-refractivity contribution in [1.29, 1.82) is 5.26 Å². The zero-order chi connectivity index (χ0) is 13.8. The first kappa shape index (κ1) is 12.6. The van der Waals surface area contributed by atoms with Gasteiger partial charge < -0.3 is 15.4 Å². The minimum atomic E-state index is 0.0742. The van der Waals surface area contributed by atoms with Crippen molar-refractivity contribution in [2.75, 3.05) is 24.8 Å². The Bertz CT molecular complexity index is 636. The molecule has 0 fully saturated rings. The number of nitrogen functional groups attached to an aromatic ring is 1. The number of nitrogens with zero attached hydrogens (tertiary/aromatic N) is 5. The van der Waals surface area contributed by atoms with Crippen molar-refractivity contribution >= 4 is 17.6 Å². The zero-order valence-corrected chi connectivity index (χ0v) is 10.5. The number of anilines is 3. The lowest BCUT2D eigenvalue weighted by molar-refractivity contribution is 0.379. The predicted octanol–water partition coefficient (Wildman–Crippen LogP) is 1.10. The van der Waals surface area contributed by atoms with E-state index in [-0.39, 0.29) is 12.0 Å². The van der Waals surface area contributed by atoms with Crippen LogP contribution in [-0.4, -0.2) is 29.1 Å². The van der Waals surface area contributed by atoms with Crippen LogP contribution in [0, 0.1) is 11.3 Å². The lowest BCUT2D eigenvalue weighted by Gasteiger charge is -2.17. The minimum absolute atomic E-state index is 0.0742. The first-order valence-electron chi connectivity index (χ1n) is 5.43. The van der Waals surface area contributed by atoms with Crippen molar-refractivity contribution in [1.82, 2.24) is 15.0 Å². The molecule has 2 rings (SSSR count). The van der Waals surface area contributed by atoms with Crippen LogP contribution in [-0.2, 0) is 0 Å². The van der Waals surface area contributed by atoms with Gasteiger partial charge in [-0.25, -0.2) is 0 Å². The van der Waals surface area contributed by atoms with Crippen LogP contribution >= 0.6 is 0 Å². The van der Waals surface area contributed by atoms with Gasteiger partial charge in [0.05, 0.1) is 18.7 Å². The second kappa shape index (κ2) is 5.18. The second-order valence-corrected chi connectivity index (χ2v) is 3.70. The number of hydrogen-bond acceptors (Lipinski definition) is 7. The van der Waals surface area contributed by atoms with Crippen molar-refractivity contribution < 1.29 is 4.74 Å². The molecule has 0 radical (unpaired) electrons. The maximum absolute atomic E-state index is 8.89. The fourth-order valence-corrected chi connectivity index (χ4v) is 1.50. The van der Waals surface area contributed by atoms with Crippen LogP contribution in [0.3, 0.4) is 0 Å². The molecular weight excluding hydrogens is 244 g/mol. The van der Waals surface area contributed by atoms with E-state index in [2.05, 4.69) is 21.0 Å². The van der Waals surface area contributed by atoms with Gasteiger partial charge in [0.15, 0.2) is 0 Å². The molecule has 0 aliphatic heterocycles. The Labute approximate surface area is 110 Å². The molecule has 0 spiro atoms. The van der Waals surface area contributed by atoms with Crippen molar-refractivity contribution in [3.63, 3.8) is 0 Å². The summed E-state index contributed by atoms with van der Waals surface area (Å²) in [7, 11) is 3.22. The number of methoxy groups -OCH3 is 1. The van der Waals surface area contributed by atoms with Crippen LogP contribution in [0.2, 0.25) is 0 Å². The summed E-state index contributed by atoms with van der Waals surface area (Å²) in [5, 5.41) is 8.89. The van der Waals surface area contributed by atoms with E-state index in [9.17, 15) is 0 Å². The van der Waals surface area contributed by atoms with E-state index in [1.54, 1.807) is 30.1 Å². The Morgan fingerprint density at radius 3 is 2.79 bits per heavy atom. The first-order valence-corrected chi connectivity index (χ1v) is 5.43. The Balaban J connectivity index is 2.40. The largest absolute Gasteiger partial charge is 0.467 e. The molecule has 0 aliphatic rings. The highest BCUT2D eigenvalue weighted by molar-refractivity contribution is 5.59. The molecule has 0 saturated carbocycles. The highest BCUT2D eigenvalue weighted by Gasteiger charge is 2.11. The van der Waals surface area contributed by atoms with Crippen molar-refractivity contribution in [2.24, 2.45) is 0 Å². The maximum atomic E-state index is 8.89. The molecule has 1 aromatic carbocycles. The van der Waals surface area contributed by atoms with Crippen molar-refractivity contribution in [3.8, 4) is 12.1 Å². The van der Waals surface area contributed by atoms with Gasteiger partial charge in [0, 0.05) is 12.7 Å². The van der Waals surface area contributed by atoms with Gasteiger partial charge >= 0.3 is 6.01 Å². The predicted molar refractivity (Wildman–Crippen MR) is 70.0 cm³/mol. The molecule has 0 unspecified atom stereocenters. The van der Waals surface area contributed by atoms with E-state index in [4.69, 9.17) is 15.7 Å². The highest BCUT2D eigenvalue weighted by atomic mass is 16.5. The van der Waals surface area contributed by atoms with Gasteiger partial charge in [-0.15, -0.1) is 0 Å². The molecule has 2 aromatic rings. The second-order valence-electron chi connectivity index (χ2n) is 3.70. The van der Waals surface area contributed by atoms with E-state index in [1.165, 1.54) is 7.11 Å². The standard InChI is InChI=1S/C12H12N6O/c1-18(9-5-3-4-8(6-9)7-13)11-15-10(14)16-12(17-11)19-2/h3-6H,1-2H3,(H2,14,15,16,17). The Hall–Kier alpha value is -2.88. The van der Waals surface area contributed by atoms with E-state index in [0.717, 1.165) is 5.69 Å². The summed E-state index contributed by atoms with van der Waals surface area (Å²) in [6, 6.07) is 9.30. The number of nitrogens with two attached hydrogens (primary N) is 1. The number of nitriles is 1. The number of benzene rings is 1. The lowest BCUT2D eigenvalue weighted by atomic mass is 10.2. The summed E-state index contributed by atoms with van der Waals surface area (Å²) in [5.41, 5.74) is 6.91. The van der Waals surface area contributed by atoms with Crippen LogP contribution in [0.25, 0.3) is 0 Å². The Morgan fingerprint density at radius 1 is 1.32 bits per heavy atom. The van der Waals surface area contributed by atoms with Gasteiger partial charge in [-0.2, -0.15) is 20.2 Å². The van der Waals surface area contributed by atoms with Gasteiger partial charge in [0.25, 0.3) is 0 Å². The number of rotatable bonds is 3. The van der Waals surface area contributed by atoms with E-state index in [0.29, 0.717) is 11.5 Å². The monoisotopic (exact) mass is 256 g/mol. The van der Waals surface area contributed by atoms with Crippen LogP contribution in [0.4, 0.5) is 17.6 Å². The molecule has 7 nitrogen and oxygen atoms in total. The van der Waals surface area contributed by atoms with Gasteiger partial charge in [0.2, 0.25) is 11.9 Å². The third-order valence-corrected chi connectivity index (χ3v) is 2.47. The molecule has 0 aliphatic carbocycles. The zero-order valence-electron chi connectivity index (χ0n) is 10.5. The van der Waals surface area contributed by atoms with Crippen molar-refractivity contribution in [3.05, 3.63) is 29.8 Å². The summed E-state index contributed by atoms with van der Waals surface area (Å²) in [6.45, 7) is 0. The Kier molecular flexibility index (Phi) is 3.43. The van der Waals surface area contributed by atoms with Crippen LogP contribution in [0.1, 0.15) is 5.56 Å². The van der Waals surface area contributed by atoms with Crippen LogP contribution in [0.5, 0.6) is 6.01 Å². The molecular formula is C12H12N6O. The Morgan fingerprint density at radius 2 is 2.11 bits per heavy atom. The number of ether oxygens (including phenoxy) is 1. The van der Waals surface area contributed by atoms with Gasteiger partial charge in [-0.1, -0.05) is 6.07 Å². The van der Waals surface area contributed by atoms with Gasteiger partial charge in [-0.3, -0.25) is 0 Å². The molecule has 0 bridgehead atoms. The summed E-state index contributed by atoms with van der Waals surface area (Å²) < 4.78 is 4.95. The SMILES string of the molecule is COc1nc(N)nc(N(C)c2cccc(C#N)c2)n1. The van der Waals surface area contributed by atoms with Crippen LogP contribution in [0.15, 0.2) is 24.3 Å². The quantitative estimate of drug-likeness (QED) is 0.877. The summed E-state index contributed by atoms with van der Waals surface area (Å²) >= 11 is 0. The summed E-state index contributed by atoms with van der Waals surface area (Å²) in [4.78, 5) is 13.6. The number of hydrogen-bond donors (Lipinski definition) is 1. The smallest absolute Gasteiger partial charge is 0.322 e. The molecule has 0 amide bonds. The molecule has 96 valence electrons. The van der Waals surface area contributed by atoms with Crippen molar-refractivity contribution in [2.45, 2.75) is 0 Å². The molecule has 7 heteroatoms. The highest BCUT2D eigenvalue weighted by Crippen LogP contribution is 2.22. The molecule has 1 aromatic heterocycles. The van der Waals surface area contributed by atoms with Crippen LogP contribution < -0.4 is 15.4 Å². The topological polar surface area (TPSA) is 101 Å².